The fraction of sp³-hybridized carbons (Fsp3) is 0.222. The predicted molar refractivity (Wildman–Crippen MR) is 42.7 cm³/mol. The van der Waals surface area contributed by atoms with E-state index in [0.717, 1.165) is 12.1 Å². The summed E-state index contributed by atoms with van der Waals surface area (Å²) in [6.45, 7) is 0. The average Bonchev–Trinajstić information content (AvgIpc) is 2.11. The monoisotopic (exact) mass is 186 g/mol. The summed E-state index contributed by atoms with van der Waals surface area (Å²) < 4.78 is 30.7. The Hall–Kier alpha value is -1.45. The molecule has 0 spiro atoms. The Morgan fingerprint density at radius 2 is 1.92 bits per heavy atom. The maximum atomic E-state index is 13.0. The topological polar surface area (TPSA) is 26.3 Å². The average molecular weight is 186 g/mol. The van der Waals surface area contributed by atoms with Gasteiger partial charge in [0.1, 0.15) is 23.7 Å². The van der Waals surface area contributed by atoms with Crippen molar-refractivity contribution in [1.82, 2.24) is 0 Å². The van der Waals surface area contributed by atoms with Gasteiger partial charge in [-0.25, -0.2) is 8.78 Å². The first kappa shape index (κ1) is 9.64. The molecule has 0 atom stereocenters. The number of carbonyl (C=O) groups is 1. The Labute approximate surface area is 74.1 Å². The molecule has 0 N–H and O–H groups in total. The van der Waals surface area contributed by atoms with Gasteiger partial charge >= 0.3 is 0 Å². The van der Waals surface area contributed by atoms with Crippen LogP contribution in [0.1, 0.15) is 5.56 Å². The van der Waals surface area contributed by atoms with Crippen molar-refractivity contribution in [2.24, 2.45) is 0 Å². The Morgan fingerprint density at radius 3 is 2.31 bits per heavy atom. The molecule has 0 saturated heterocycles. The SMILES string of the molecule is COc1cc(F)c(CC=O)c(F)c1. The van der Waals surface area contributed by atoms with E-state index < -0.39 is 11.6 Å². The zero-order chi connectivity index (χ0) is 9.84. The van der Waals surface area contributed by atoms with Crippen LogP contribution in [-0.4, -0.2) is 13.4 Å². The molecule has 0 bridgehead atoms. The number of carbonyl (C=O) groups excluding carboxylic acids is 1. The Morgan fingerprint density at radius 1 is 1.38 bits per heavy atom. The summed E-state index contributed by atoms with van der Waals surface area (Å²) in [5, 5.41) is 0. The molecule has 0 aromatic heterocycles. The smallest absolute Gasteiger partial charge is 0.133 e. The molecule has 2 nitrogen and oxygen atoms in total. The Balaban J connectivity index is 3.14. The van der Waals surface area contributed by atoms with Crippen molar-refractivity contribution >= 4 is 6.29 Å². The summed E-state index contributed by atoms with van der Waals surface area (Å²) in [5.74, 6) is -1.42. The maximum absolute atomic E-state index is 13.0. The molecule has 0 saturated carbocycles. The summed E-state index contributed by atoms with van der Waals surface area (Å²) >= 11 is 0. The van der Waals surface area contributed by atoms with Gasteiger partial charge in [-0.3, -0.25) is 0 Å². The van der Waals surface area contributed by atoms with Crippen molar-refractivity contribution in [1.29, 1.82) is 0 Å². The van der Waals surface area contributed by atoms with Gasteiger partial charge in [-0.2, -0.15) is 0 Å². The molecule has 1 aromatic rings. The highest BCUT2D eigenvalue weighted by Gasteiger charge is 2.10. The highest BCUT2D eigenvalue weighted by molar-refractivity contribution is 5.55. The van der Waals surface area contributed by atoms with Crippen LogP contribution in [0, 0.1) is 11.6 Å². The van der Waals surface area contributed by atoms with Crippen LogP contribution in [0.3, 0.4) is 0 Å². The second-order valence-corrected chi connectivity index (χ2v) is 2.44. The quantitative estimate of drug-likeness (QED) is 0.672. The largest absolute Gasteiger partial charge is 0.497 e. The number of aldehydes is 1. The van der Waals surface area contributed by atoms with Crippen molar-refractivity contribution < 1.29 is 18.3 Å². The molecule has 0 fully saturated rings. The third-order valence-electron chi connectivity index (χ3n) is 1.64. The van der Waals surface area contributed by atoms with Gasteiger partial charge in [-0.1, -0.05) is 0 Å². The number of halogens is 2. The van der Waals surface area contributed by atoms with Crippen LogP contribution >= 0.6 is 0 Å². The van der Waals surface area contributed by atoms with Gasteiger partial charge in [0.25, 0.3) is 0 Å². The van der Waals surface area contributed by atoms with Crippen LogP contribution in [0.25, 0.3) is 0 Å². The number of benzene rings is 1. The summed E-state index contributed by atoms with van der Waals surface area (Å²) in [4.78, 5) is 10.1. The van der Waals surface area contributed by atoms with Crippen LogP contribution in [0.4, 0.5) is 8.78 Å². The van der Waals surface area contributed by atoms with Gasteiger partial charge in [0, 0.05) is 24.1 Å². The summed E-state index contributed by atoms with van der Waals surface area (Å²) in [5.41, 5.74) is -0.226. The number of methoxy groups -OCH3 is 1. The minimum atomic E-state index is -0.760. The Bertz CT molecular complexity index is 300. The molecule has 0 heterocycles. The highest BCUT2D eigenvalue weighted by Crippen LogP contribution is 2.20. The van der Waals surface area contributed by atoms with Crippen LogP contribution in [-0.2, 0) is 11.2 Å². The van der Waals surface area contributed by atoms with Crippen LogP contribution in [0.2, 0.25) is 0 Å². The van der Waals surface area contributed by atoms with E-state index in [1.165, 1.54) is 7.11 Å². The van der Waals surface area contributed by atoms with E-state index in [0.29, 0.717) is 6.29 Å². The summed E-state index contributed by atoms with van der Waals surface area (Å²) in [7, 11) is 1.31. The van der Waals surface area contributed by atoms with Crippen LogP contribution < -0.4 is 4.74 Å². The second kappa shape index (κ2) is 3.98. The fourth-order valence-corrected chi connectivity index (χ4v) is 0.976. The third kappa shape index (κ3) is 2.02. The zero-order valence-electron chi connectivity index (χ0n) is 7.01. The van der Waals surface area contributed by atoms with E-state index in [1.54, 1.807) is 0 Å². The number of hydrogen-bond donors (Lipinski definition) is 0. The van der Waals surface area contributed by atoms with Gasteiger partial charge in [0.15, 0.2) is 0 Å². The molecule has 0 aliphatic heterocycles. The molecule has 70 valence electrons. The Kier molecular flexibility index (Phi) is 2.95. The van der Waals surface area contributed by atoms with Gasteiger partial charge in [-0.05, 0) is 0 Å². The van der Waals surface area contributed by atoms with E-state index in [1.807, 2.05) is 0 Å². The van der Waals surface area contributed by atoms with Crippen LogP contribution in [0.15, 0.2) is 12.1 Å². The minimum Gasteiger partial charge on any atom is -0.497 e. The lowest BCUT2D eigenvalue weighted by Crippen LogP contribution is -1.98. The number of ether oxygens (including phenoxy) is 1. The molecule has 0 aliphatic carbocycles. The first-order valence-corrected chi connectivity index (χ1v) is 3.64. The molecular formula is C9H8F2O2. The van der Waals surface area contributed by atoms with Crippen molar-refractivity contribution in [2.45, 2.75) is 6.42 Å². The van der Waals surface area contributed by atoms with Gasteiger partial charge < -0.3 is 9.53 Å². The van der Waals surface area contributed by atoms with Crippen molar-refractivity contribution in [3.8, 4) is 5.75 Å². The molecular weight excluding hydrogens is 178 g/mol. The van der Waals surface area contributed by atoms with E-state index in [4.69, 9.17) is 0 Å². The van der Waals surface area contributed by atoms with Gasteiger partial charge in [0.05, 0.1) is 7.11 Å². The van der Waals surface area contributed by atoms with E-state index in [9.17, 15) is 13.6 Å². The summed E-state index contributed by atoms with van der Waals surface area (Å²) in [6.07, 6.45) is 0.190. The normalized spacial score (nSPS) is 9.77. The predicted octanol–water partition coefficient (Wildman–Crippen LogP) is 1.71. The van der Waals surface area contributed by atoms with Crippen LogP contribution in [0.5, 0.6) is 5.75 Å². The molecule has 4 heteroatoms. The lowest BCUT2D eigenvalue weighted by atomic mass is 10.1. The van der Waals surface area contributed by atoms with E-state index in [-0.39, 0.29) is 17.7 Å². The third-order valence-corrected chi connectivity index (χ3v) is 1.64. The first-order valence-electron chi connectivity index (χ1n) is 3.64. The molecule has 0 radical (unpaired) electrons. The van der Waals surface area contributed by atoms with Crippen molar-refractivity contribution in [2.75, 3.05) is 7.11 Å². The highest BCUT2D eigenvalue weighted by atomic mass is 19.1. The van der Waals surface area contributed by atoms with Crippen molar-refractivity contribution in [3.05, 3.63) is 29.3 Å². The minimum absolute atomic E-state index is 0.102. The van der Waals surface area contributed by atoms with Crippen molar-refractivity contribution in [3.63, 3.8) is 0 Å². The second-order valence-electron chi connectivity index (χ2n) is 2.44. The first-order chi connectivity index (χ1) is 6.19. The van der Waals surface area contributed by atoms with Gasteiger partial charge in [-0.15, -0.1) is 0 Å². The molecule has 1 rings (SSSR count). The lowest BCUT2D eigenvalue weighted by molar-refractivity contribution is -0.107. The van der Waals surface area contributed by atoms with Gasteiger partial charge in [0.2, 0.25) is 0 Å². The number of hydrogen-bond acceptors (Lipinski definition) is 2. The van der Waals surface area contributed by atoms with E-state index in [2.05, 4.69) is 4.74 Å². The molecule has 13 heavy (non-hydrogen) atoms. The zero-order valence-corrected chi connectivity index (χ0v) is 7.01. The molecule has 0 amide bonds. The molecule has 1 aromatic carbocycles. The number of rotatable bonds is 3. The maximum Gasteiger partial charge on any atom is 0.133 e. The fourth-order valence-electron chi connectivity index (χ4n) is 0.976. The van der Waals surface area contributed by atoms with E-state index >= 15 is 0 Å². The molecule has 0 unspecified atom stereocenters. The lowest BCUT2D eigenvalue weighted by Gasteiger charge is -2.04. The molecule has 0 aliphatic rings. The standard InChI is InChI=1S/C9H8F2O2/c1-13-6-4-8(10)7(2-3-12)9(11)5-6/h3-5H,2H2,1H3. The summed E-state index contributed by atoms with van der Waals surface area (Å²) in [6, 6.07) is 2.09.